The van der Waals surface area contributed by atoms with E-state index in [1.807, 2.05) is 6.92 Å². The third kappa shape index (κ3) is 2.13. The number of aliphatic hydroxyl groups excluding tert-OH is 1. The van der Waals surface area contributed by atoms with Crippen LogP contribution in [0.2, 0.25) is 0 Å². The average molecular weight is 348 g/mol. The van der Waals surface area contributed by atoms with Crippen LogP contribution in [0.4, 0.5) is 0 Å². The van der Waals surface area contributed by atoms with Gasteiger partial charge in [0.2, 0.25) is 0 Å². The predicted octanol–water partition coefficient (Wildman–Crippen LogP) is 2.89. The molecule has 0 aromatic rings. The van der Waals surface area contributed by atoms with E-state index in [2.05, 4.69) is 6.92 Å². The second-order valence-corrected chi connectivity index (χ2v) is 9.97. The largest absolute Gasteiger partial charge is 0.393 e. The smallest absolute Gasteiger partial charge is 0.161 e. The number of hydrogen-bond donors (Lipinski definition) is 2. The zero-order valence-corrected chi connectivity index (χ0v) is 15.8. The molecule has 0 heterocycles. The van der Waals surface area contributed by atoms with Gasteiger partial charge in [0.1, 0.15) is 11.4 Å². The molecule has 140 valence electrons. The highest BCUT2D eigenvalue weighted by Gasteiger charge is 2.68. The minimum atomic E-state index is -1.33. The predicted molar refractivity (Wildman–Crippen MR) is 93.8 cm³/mol. The van der Waals surface area contributed by atoms with Gasteiger partial charge in [-0.15, -0.1) is 0 Å². The van der Waals surface area contributed by atoms with Crippen LogP contribution in [0.5, 0.6) is 0 Å². The summed E-state index contributed by atoms with van der Waals surface area (Å²) >= 11 is 0. The van der Waals surface area contributed by atoms with Crippen LogP contribution in [-0.4, -0.2) is 33.5 Å². The van der Waals surface area contributed by atoms with E-state index in [1.54, 1.807) is 0 Å². The van der Waals surface area contributed by atoms with Gasteiger partial charge in [0, 0.05) is 17.8 Å². The first-order valence-corrected chi connectivity index (χ1v) is 10.1. The van der Waals surface area contributed by atoms with Crippen molar-refractivity contribution in [2.45, 2.75) is 83.8 Å². The SMILES string of the molecule is CC(=O)[C@]1(O)CC[C@@H]2[C@H]3CC[C@H]4C[C@@H](O)CC[C@]4(C)[C@@H]3C(=O)C[C@]21C. The Kier molecular flexibility index (Phi) is 3.81. The highest BCUT2D eigenvalue weighted by atomic mass is 16.3. The Morgan fingerprint density at radius 3 is 2.52 bits per heavy atom. The summed E-state index contributed by atoms with van der Waals surface area (Å²) in [4.78, 5) is 25.6. The summed E-state index contributed by atoms with van der Waals surface area (Å²) in [6, 6.07) is 0. The molecule has 0 saturated heterocycles. The van der Waals surface area contributed by atoms with Gasteiger partial charge in [-0.05, 0) is 75.0 Å². The van der Waals surface area contributed by atoms with Crippen molar-refractivity contribution < 1.29 is 19.8 Å². The van der Waals surface area contributed by atoms with E-state index in [-0.39, 0.29) is 40.8 Å². The molecule has 0 bridgehead atoms. The van der Waals surface area contributed by atoms with Gasteiger partial charge in [-0.2, -0.15) is 0 Å². The number of hydrogen-bond acceptors (Lipinski definition) is 4. The quantitative estimate of drug-likeness (QED) is 0.764. The number of ketones is 2. The maximum atomic E-state index is 13.3. The van der Waals surface area contributed by atoms with Gasteiger partial charge in [-0.25, -0.2) is 0 Å². The van der Waals surface area contributed by atoms with Crippen molar-refractivity contribution >= 4 is 11.6 Å². The van der Waals surface area contributed by atoms with Crippen LogP contribution in [0.15, 0.2) is 0 Å². The summed E-state index contributed by atoms with van der Waals surface area (Å²) in [5.74, 6) is 1.10. The van der Waals surface area contributed by atoms with Crippen LogP contribution in [0.3, 0.4) is 0 Å². The van der Waals surface area contributed by atoms with Crippen LogP contribution < -0.4 is 0 Å². The highest BCUT2D eigenvalue weighted by molar-refractivity contribution is 5.90. The fourth-order valence-corrected chi connectivity index (χ4v) is 7.63. The van der Waals surface area contributed by atoms with Gasteiger partial charge in [0.25, 0.3) is 0 Å². The second kappa shape index (κ2) is 5.39. The Balaban J connectivity index is 1.71. The van der Waals surface area contributed by atoms with Gasteiger partial charge in [0.05, 0.1) is 6.10 Å². The molecule has 4 saturated carbocycles. The summed E-state index contributed by atoms with van der Waals surface area (Å²) in [6.07, 6.45) is 6.07. The van der Waals surface area contributed by atoms with Crippen LogP contribution in [-0.2, 0) is 9.59 Å². The monoisotopic (exact) mass is 348 g/mol. The fourth-order valence-electron chi connectivity index (χ4n) is 7.63. The summed E-state index contributed by atoms with van der Waals surface area (Å²) in [5, 5.41) is 21.2. The fraction of sp³-hybridized carbons (Fsp3) is 0.905. The first kappa shape index (κ1) is 17.7. The molecule has 0 aromatic carbocycles. The molecule has 0 aromatic heterocycles. The molecular weight excluding hydrogens is 316 g/mol. The Labute approximate surface area is 150 Å². The van der Waals surface area contributed by atoms with E-state index in [4.69, 9.17) is 0 Å². The molecule has 25 heavy (non-hydrogen) atoms. The minimum Gasteiger partial charge on any atom is -0.393 e. The van der Waals surface area contributed by atoms with Gasteiger partial charge < -0.3 is 10.2 Å². The van der Waals surface area contributed by atoms with Crippen molar-refractivity contribution in [1.29, 1.82) is 0 Å². The van der Waals surface area contributed by atoms with Crippen LogP contribution in [0, 0.1) is 34.5 Å². The molecule has 4 nitrogen and oxygen atoms in total. The molecule has 8 atom stereocenters. The van der Waals surface area contributed by atoms with E-state index in [0.717, 1.165) is 38.5 Å². The topological polar surface area (TPSA) is 74.6 Å². The highest BCUT2D eigenvalue weighted by Crippen LogP contribution is 2.67. The molecule has 4 rings (SSSR count). The zero-order valence-electron chi connectivity index (χ0n) is 15.8. The molecule has 0 spiro atoms. The Morgan fingerprint density at radius 2 is 1.84 bits per heavy atom. The maximum Gasteiger partial charge on any atom is 0.161 e. The van der Waals surface area contributed by atoms with Gasteiger partial charge in [-0.3, -0.25) is 9.59 Å². The van der Waals surface area contributed by atoms with Crippen molar-refractivity contribution in [2.75, 3.05) is 0 Å². The number of Topliss-reactive ketones (excluding diaryl/α,β-unsaturated/α-hetero) is 2. The number of carbonyl (C=O) groups is 2. The Morgan fingerprint density at radius 1 is 1.12 bits per heavy atom. The van der Waals surface area contributed by atoms with E-state index >= 15 is 0 Å². The number of fused-ring (bicyclic) bond motifs is 5. The average Bonchev–Trinajstić information content (AvgIpc) is 2.80. The van der Waals surface area contributed by atoms with Crippen molar-refractivity contribution in [3.8, 4) is 0 Å². The maximum absolute atomic E-state index is 13.3. The number of aliphatic hydroxyl groups is 2. The first-order valence-electron chi connectivity index (χ1n) is 10.1. The molecule has 4 heteroatoms. The molecule has 4 aliphatic rings. The minimum absolute atomic E-state index is 0.0164. The molecule has 0 amide bonds. The van der Waals surface area contributed by atoms with E-state index in [1.165, 1.54) is 6.92 Å². The lowest BCUT2D eigenvalue weighted by atomic mass is 9.44. The molecule has 4 fully saturated rings. The lowest BCUT2D eigenvalue weighted by Gasteiger charge is -2.60. The summed E-state index contributed by atoms with van der Waals surface area (Å²) < 4.78 is 0. The molecule has 2 N–H and O–H groups in total. The zero-order chi connectivity index (χ0) is 18.2. The van der Waals surface area contributed by atoms with Gasteiger partial charge >= 0.3 is 0 Å². The van der Waals surface area contributed by atoms with Crippen LogP contribution >= 0.6 is 0 Å². The van der Waals surface area contributed by atoms with Crippen LogP contribution in [0.1, 0.15) is 72.1 Å². The summed E-state index contributed by atoms with van der Waals surface area (Å²) in [6.45, 7) is 5.73. The Hall–Kier alpha value is -0.740. The lowest BCUT2D eigenvalue weighted by molar-refractivity contribution is -0.178. The van der Waals surface area contributed by atoms with Gasteiger partial charge in [0.15, 0.2) is 5.78 Å². The van der Waals surface area contributed by atoms with Gasteiger partial charge in [-0.1, -0.05) is 13.8 Å². The molecule has 0 unspecified atom stereocenters. The third-order valence-electron chi connectivity index (χ3n) is 9.06. The second-order valence-electron chi connectivity index (χ2n) is 9.97. The molecular formula is C21H32O4. The normalized spacial score (nSPS) is 55.2. The molecule has 4 aliphatic carbocycles. The van der Waals surface area contributed by atoms with Crippen molar-refractivity contribution in [3.05, 3.63) is 0 Å². The van der Waals surface area contributed by atoms with Crippen molar-refractivity contribution in [1.82, 2.24) is 0 Å². The third-order valence-corrected chi connectivity index (χ3v) is 9.06. The summed E-state index contributed by atoms with van der Waals surface area (Å²) in [5.41, 5.74) is -1.95. The number of rotatable bonds is 1. The number of carbonyl (C=O) groups excluding carboxylic acids is 2. The standard InChI is InChI=1S/C21H32O4/c1-12(22)21(25)9-7-16-15-5-4-13-10-14(23)6-8-19(13,2)18(15)17(24)11-20(16,21)3/h13-16,18,23,25H,4-11H2,1-3H3/t13-,14-,15+,16+,18-,19-,20+,21+/m0/s1. The lowest BCUT2D eigenvalue weighted by Crippen LogP contribution is -2.61. The Bertz CT molecular complexity index is 615. The van der Waals surface area contributed by atoms with E-state index in [0.29, 0.717) is 18.8 Å². The van der Waals surface area contributed by atoms with Crippen molar-refractivity contribution in [2.24, 2.45) is 34.5 Å². The molecule has 0 radical (unpaired) electrons. The first-order chi connectivity index (χ1) is 11.6. The van der Waals surface area contributed by atoms with E-state index in [9.17, 15) is 19.8 Å². The van der Waals surface area contributed by atoms with E-state index < -0.39 is 11.0 Å². The van der Waals surface area contributed by atoms with Crippen LogP contribution in [0.25, 0.3) is 0 Å². The summed E-state index contributed by atoms with van der Waals surface area (Å²) in [7, 11) is 0. The molecule has 0 aliphatic heterocycles. The van der Waals surface area contributed by atoms with Crippen molar-refractivity contribution in [3.63, 3.8) is 0 Å².